The van der Waals surface area contributed by atoms with E-state index in [0.717, 1.165) is 19.1 Å². The van der Waals surface area contributed by atoms with Crippen LogP contribution in [0.2, 0.25) is 0 Å². The van der Waals surface area contributed by atoms with Crippen molar-refractivity contribution in [3.63, 3.8) is 0 Å². The lowest BCUT2D eigenvalue weighted by molar-refractivity contribution is 0.0495. The number of hydrogen-bond acceptors (Lipinski definition) is 4. The molecule has 2 aliphatic heterocycles. The van der Waals surface area contributed by atoms with Gasteiger partial charge < -0.3 is 15.0 Å². The molecule has 4 nitrogen and oxygen atoms in total. The second-order valence-corrected chi connectivity index (χ2v) is 5.83. The maximum absolute atomic E-state index is 5.18. The van der Waals surface area contributed by atoms with Crippen LogP contribution in [0, 0.1) is 5.92 Å². The van der Waals surface area contributed by atoms with Crippen molar-refractivity contribution in [1.29, 1.82) is 0 Å². The molecule has 2 rings (SSSR count). The largest absolute Gasteiger partial charge is 0.383 e. The molecule has 0 aromatic carbocycles. The van der Waals surface area contributed by atoms with Gasteiger partial charge in [0, 0.05) is 45.9 Å². The molecule has 106 valence electrons. The van der Waals surface area contributed by atoms with E-state index >= 15 is 0 Å². The summed E-state index contributed by atoms with van der Waals surface area (Å²) in [6.45, 7) is 11.7. The third-order valence-corrected chi connectivity index (χ3v) is 4.41. The van der Waals surface area contributed by atoms with Crippen molar-refractivity contribution in [2.45, 2.75) is 25.8 Å². The highest BCUT2D eigenvalue weighted by atomic mass is 16.5. The third kappa shape index (κ3) is 4.19. The number of nitrogens with one attached hydrogen (secondary N) is 1. The molecule has 1 N–H and O–H groups in total. The first-order valence-corrected chi connectivity index (χ1v) is 7.45. The Balaban J connectivity index is 1.70. The molecule has 2 saturated heterocycles. The quantitative estimate of drug-likeness (QED) is 0.780. The summed E-state index contributed by atoms with van der Waals surface area (Å²) in [4.78, 5) is 5.23. The Morgan fingerprint density at radius 3 is 2.67 bits per heavy atom. The van der Waals surface area contributed by atoms with Gasteiger partial charge in [0.05, 0.1) is 6.61 Å². The zero-order valence-electron chi connectivity index (χ0n) is 12.0. The van der Waals surface area contributed by atoms with Crippen molar-refractivity contribution in [3.8, 4) is 0 Å². The van der Waals surface area contributed by atoms with Gasteiger partial charge in [-0.2, -0.15) is 0 Å². The number of piperazine rings is 1. The Bertz CT molecular complexity index is 231. The van der Waals surface area contributed by atoms with Gasteiger partial charge in [-0.05, 0) is 38.8 Å². The van der Waals surface area contributed by atoms with E-state index in [9.17, 15) is 0 Å². The minimum Gasteiger partial charge on any atom is -0.383 e. The molecule has 2 fully saturated rings. The monoisotopic (exact) mass is 255 g/mol. The summed E-state index contributed by atoms with van der Waals surface area (Å²) >= 11 is 0. The molecule has 0 radical (unpaired) electrons. The first-order valence-electron chi connectivity index (χ1n) is 7.45. The predicted molar refractivity (Wildman–Crippen MR) is 74.9 cm³/mol. The van der Waals surface area contributed by atoms with Crippen molar-refractivity contribution in [3.05, 3.63) is 0 Å². The van der Waals surface area contributed by atoms with Crippen LogP contribution in [0.4, 0.5) is 0 Å². The van der Waals surface area contributed by atoms with Gasteiger partial charge >= 0.3 is 0 Å². The van der Waals surface area contributed by atoms with Crippen LogP contribution in [0.5, 0.6) is 0 Å². The summed E-state index contributed by atoms with van der Waals surface area (Å²) < 4.78 is 5.18. The van der Waals surface area contributed by atoms with Crippen LogP contribution in [-0.4, -0.2) is 75.4 Å². The maximum Gasteiger partial charge on any atom is 0.0589 e. The predicted octanol–water partition coefficient (Wildman–Crippen LogP) is 0.639. The van der Waals surface area contributed by atoms with E-state index in [4.69, 9.17) is 4.74 Å². The fourth-order valence-corrected chi connectivity index (χ4v) is 3.21. The van der Waals surface area contributed by atoms with Crippen LogP contribution in [0.15, 0.2) is 0 Å². The van der Waals surface area contributed by atoms with Gasteiger partial charge in [-0.15, -0.1) is 0 Å². The molecule has 0 amide bonds. The van der Waals surface area contributed by atoms with Gasteiger partial charge in [-0.1, -0.05) is 0 Å². The standard InChI is InChI=1S/C14H29N3O/c1-13-11-16(7-8-17(13)9-10-18-2)12-14-3-5-15-6-4-14/h13-15H,3-12H2,1-2H3. The van der Waals surface area contributed by atoms with E-state index in [2.05, 4.69) is 22.0 Å². The molecular formula is C14H29N3O. The molecule has 2 heterocycles. The molecule has 0 aromatic heterocycles. The molecule has 0 bridgehead atoms. The summed E-state index contributed by atoms with van der Waals surface area (Å²) in [5.41, 5.74) is 0. The molecular weight excluding hydrogens is 226 g/mol. The van der Waals surface area contributed by atoms with E-state index in [1.807, 2.05) is 0 Å². The van der Waals surface area contributed by atoms with Gasteiger partial charge in [0.2, 0.25) is 0 Å². The second-order valence-electron chi connectivity index (χ2n) is 5.83. The van der Waals surface area contributed by atoms with Crippen molar-refractivity contribution in [2.75, 3.05) is 59.5 Å². The number of methoxy groups -OCH3 is 1. The fraction of sp³-hybridized carbons (Fsp3) is 1.00. The summed E-state index contributed by atoms with van der Waals surface area (Å²) in [5.74, 6) is 0.920. The van der Waals surface area contributed by atoms with Gasteiger partial charge in [0.15, 0.2) is 0 Å². The number of hydrogen-bond donors (Lipinski definition) is 1. The van der Waals surface area contributed by atoms with Crippen molar-refractivity contribution in [1.82, 2.24) is 15.1 Å². The van der Waals surface area contributed by atoms with Gasteiger partial charge in [0.1, 0.15) is 0 Å². The smallest absolute Gasteiger partial charge is 0.0589 e. The number of ether oxygens (including phenoxy) is 1. The highest BCUT2D eigenvalue weighted by Crippen LogP contribution is 2.16. The van der Waals surface area contributed by atoms with E-state index < -0.39 is 0 Å². The number of piperidine rings is 1. The van der Waals surface area contributed by atoms with E-state index in [1.54, 1.807) is 7.11 Å². The first-order chi connectivity index (χ1) is 8.79. The van der Waals surface area contributed by atoms with Crippen LogP contribution < -0.4 is 5.32 Å². The summed E-state index contributed by atoms with van der Waals surface area (Å²) in [7, 11) is 1.79. The van der Waals surface area contributed by atoms with Crippen LogP contribution in [-0.2, 0) is 4.74 Å². The van der Waals surface area contributed by atoms with Crippen LogP contribution in [0.3, 0.4) is 0 Å². The van der Waals surface area contributed by atoms with Crippen molar-refractivity contribution < 1.29 is 4.74 Å². The van der Waals surface area contributed by atoms with Crippen LogP contribution in [0.25, 0.3) is 0 Å². The summed E-state index contributed by atoms with van der Waals surface area (Å²) in [6.07, 6.45) is 2.72. The molecule has 1 atom stereocenters. The fourth-order valence-electron chi connectivity index (χ4n) is 3.21. The number of nitrogens with zero attached hydrogens (tertiary/aromatic N) is 2. The van der Waals surface area contributed by atoms with Crippen molar-refractivity contribution in [2.24, 2.45) is 5.92 Å². The lowest BCUT2D eigenvalue weighted by atomic mass is 9.97. The Kier molecular flexibility index (Phi) is 5.89. The average Bonchev–Trinajstić information content (AvgIpc) is 2.39. The minimum absolute atomic E-state index is 0.676. The molecule has 1 unspecified atom stereocenters. The molecule has 0 aromatic rings. The van der Waals surface area contributed by atoms with Crippen LogP contribution in [0.1, 0.15) is 19.8 Å². The zero-order chi connectivity index (χ0) is 12.8. The third-order valence-electron chi connectivity index (χ3n) is 4.41. The van der Waals surface area contributed by atoms with Crippen molar-refractivity contribution >= 4 is 0 Å². The van der Waals surface area contributed by atoms with E-state index in [0.29, 0.717) is 6.04 Å². The highest BCUT2D eigenvalue weighted by Gasteiger charge is 2.25. The van der Waals surface area contributed by atoms with E-state index in [-0.39, 0.29) is 0 Å². The lowest BCUT2D eigenvalue weighted by Crippen LogP contribution is -2.53. The lowest BCUT2D eigenvalue weighted by Gasteiger charge is -2.41. The Hall–Kier alpha value is -0.160. The minimum atomic E-state index is 0.676. The highest BCUT2D eigenvalue weighted by molar-refractivity contribution is 4.81. The van der Waals surface area contributed by atoms with Gasteiger partial charge in [-0.25, -0.2) is 0 Å². The normalized spacial score (nSPS) is 28.7. The Morgan fingerprint density at radius 2 is 2.00 bits per heavy atom. The van der Waals surface area contributed by atoms with E-state index in [1.165, 1.54) is 52.1 Å². The maximum atomic E-state index is 5.18. The first kappa shape index (κ1) is 14.3. The molecule has 18 heavy (non-hydrogen) atoms. The molecule has 0 saturated carbocycles. The van der Waals surface area contributed by atoms with Gasteiger partial charge in [-0.3, -0.25) is 4.90 Å². The summed E-state index contributed by atoms with van der Waals surface area (Å²) in [5, 5.41) is 3.45. The zero-order valence-corrected chi connectivity index (χ0v) is 12.0. The molecule has 0 aliphatic carbocycles. The Labute approximate surface area is 112 Å². The molecule has 4 heteroatoms. The SMILES string of the molecule is COCCN1CCN(CC2CCNCC2)CC1C. The topological polar surface area (TPSA) is 27.7 Å². The summed E-state index contributed by atoms with van der Waals surface area (Å²) in [6, 6.07) is 0.676. The number of rotatable bonds is 5. The van der Waals surface area contributed by atoms with Crippen LogP contribution >= 0.6 is 0 Å². The molecule has 0 spiro atoms. The second kappa shape index (κ2) is 7.43. The Morgan fingerprint density at radius 1 is 1.22 bits per heavy atom. The van der Waals surface area contributed by atoms with Gasteiger partial charge in [0.25, 0.3) is 0 Å². The molecule has 2 aliphatic rings. The average molecular weight is 255 g/mol.